The third kappa shape index (κ3) is 3.17. The number of benzene rings is 1. The first-order valence-electron chi connectivity index (χ1n) is 11.2. The van der Waals surface area contributed by atoms with Gasteiger partial charge in [0.05, 0.1) is 0 Å². The van der Waals surface area contributed by atoms with Gasteiger partial charge in [0.1, 0.15) is 23.1 Å². The molecule has 3 aliphatic rings. The average molecular weight is 432 g/mol. The highest BCUT2D eigenvalue weighted by Crippen LogP contribution is 2.40. The molecule has 0 radical (unpaired) electrons. The molecular weight excluding hydrogens is 402 g/mol. The van der Waals surface area contributed by atoms with Crippen LogP contribution in [0.25, 0.3) is 23.1 Å². The highest BCUT2D eigenvalue weighted by molar-refractivity contribution is 6.09. The zero-order valence-electron chi connectivity index (χ0n) is 19.0. The van der Waals surface area contributed by atoms with Gasteiger partial charge in [-0.1, -0.05) is 26.0 Å². The molecule has 2 N–H and O–H groups in total. The Bertz CT molecular complexity index is 1230. The lowest BCUT2D eigenvalue weighted by Crippen LogP contribution is -2.53. The van der Waals surface area contributed by atoms with E-state index in [4.69, 9.17) is 4.74 Å². The van der Waals surface area contributed by atoms with Crippen LogP contribution in [0.5, 0.6) is 5.75 Å². The van der Waals surface area contributed by atoms with Gasteiger partial charge in [-0.15, -0.1) is 6.58 Å². The van der Waals surface area contributed by atoms with Gasteiger partial charge in [-0.3, -0.25) is 9.59 Å². The number of H-pyrrole nitrogens is 1. The molecule has 0 aliphatic carbocycles. The number of nitrogens with zero attached hydrogens (tertiary/aromatic N) is 1. The normalized spacial score (nSPS) is 23.2. The minimum absolute atomic E-state index is 0.103. The minimum Gasteiger partial charge on any atom is -0.483 e. The van der Waals surface area contributed by atoms with Crippen LogP contribution < -0.4 is 10.1 Å². The fourth-order valence-corrected chi connectivity index (χ4v) is 4.79. The predicted octanol–water partition coefficient (Wildman–Crippen LogP) is 4.28. The van der Waals surface area contributed by atoms with Crippen molar-refractivity contribution in [2.75, 3.05) is 6.54 Å². The van der Waals surface area contributed by atoms with Crippen LogP contribution >= 0.6 is 0 Å². The van der Waals surface area contributed by atoms with E-state index < -0.39 is 0 Å². The fourth-order valence-electron chi connectivity index (χ4n) is 4.79. The highest BCUT2D eigenvalue weighted by atomic mass is 16.5. The van der Waals surface area contributed by atoms with Crippen LogP contribution in [0, 0.1) is 0 Å². The second-order valence-electron chi connectivity index (χ2n) is 10.0. The van der Waals surface area contributed by atoms with Crippen molar-refractivity contribution in [3.8, 4) is 5.75 Å². The van der Waals surface area contributed by atoms with Crippen molar-refractivity contribution in [3.05, 3.63) is 53.4 Å². The third-order valence-electron chi connectivity index (χ3n) is 6.75. The molecule has 0 saturated carbocycles. The summed E-state index contributed by atoms with van der Waals surface area (Å²) in [7, 11) is 0. The van der Waals surface area contributed by atoms with Gasteiger partial charge in [0, 0.05) is 45.7 Å². The molecule has 0 spiro atoms. The van der Waals surface area contributed by atoms with Crippen LogP contribution in [0.15, 0.2) is 36.6 Å². The molecule has 1 atom stereocenters. The van der Waals surface area contributed by atoms with Crippen molar-refractivity contribution < 1.29 is 14.3 Å². The number of carbonyl (C=O) groups is 2. The Morgan fingerprint density at radius 2 is 2.06 bits per heavy atom. The number of hydrogen-bond acceptors (Lipinski definition) is 3. The molecule has 2 aromatic rings. The van der Waals surface area contributed by atoms with Crippen LogP contribution in [-0.4, -0.2) is 39.9 Å². The lowest BCUT2D eigenvalue weighted by molar-refractivity contribution is -0.140. The average Bonchev–Trinajstić information content (AvgIpc) is 3.36. The van der Waals surface area contributed by atoms with Crippen molar-refractivity contribution in [1.29, 1.82) is 0 Å². The zero-order valence-corrected chi connectivity index (χ0v) is 19.0. The number of piperazine rings is 1. The Morgan fingerprint density at radius 3 is 2.81 bits per heavy atom. The molecule has 4 heterocycles. The Balaban J connectivity index is 1.69. The predicted molar refractivity (Wildman–Crippen MR) is 126 cm³/mol. The monoisotopic (exact) mass is 431 g/mol. The van der Waals surface area contributed by atoms with Crippen molar-refractivity contribution in [3.63, 3.8) is 0 Å². The molecule has 2 fully saturated rings. The maximum absolute atomic E-state index is 13.1. The van der Waals surface area contributed by atoms with Crippen LogP contribution in [0.3, 0.4) is 0 Å². The topological polar surface area (TPSA) is 74.4 Å². The van der Waals surface area contributed by atoms with Gasteiger partial charge in [0.25, 0.3) is 5.91 Å². The number of nitrogens with one attached hydrogen (secondary N) is 2. The van der Waals surface area contributed by atoms with Crippen LogP contribution in [0.1, 0.15) is 57.4 Å². The van der Waals surface area contributed by atoms with Crippen molar-refractivity contribution in [1.82, 2.24) is 15.2 Å². The van der Waals surface area contributed by atoms with Gasteiger partial charge in [0.2, 0.25) is 5.91 Å². The molecule has 3 aliphatic heterocycles. The van der Waals surface area contributed by atoms with Crippen molar-refractivity contribution >= 4 is 34.9 Å². The molecule has 0 unspecified atom stereocenters. The number of aromatic nitrogens is 1. The number of fused-ring (bicyclic) bond motifs is 3. The number of hydrogen-bond donors (Lipinski definition) is 2. The number of carbonyl (C=O) groups excluding carboxylic acids is 2. The maximum Gasteiger partial charge on any atom is 0.271 e. The van der Waals surface area contributed by atoms with E-state index >= 15 is 0 Å². The summed E-state index contributed by atoms with van der Waals surface area (Å²) in [4.78, 5) is 31.0. The number of ether oxygens (including phenoxy) is 1. The third-order valence-corrected chi connectivity index (χ3v) is 6.75. The summed E-state index contributed by atoms with van der Waals surface area (Å²) in [5, 5.41) is 3.83. The SMILES string of the molecule is C=CC(C)(C)c1[nH]c2cc3c(cc2c1/C=C1\NC(=O)[C@@H]2CCCN2C1=O)C=CC(C)(C)O3. The molecule has 2 saturated heterocycles. The largest absolute Gasteiger partial charge is 0.483 e. The number of aromatic amines is 1. The van der Waals surface area contributed by atoms with E-state index in [0.717, 1.165) is 46.3 Å². The van der Waals surface area contributed by atoms with Gasteiger partial charge in [0.15, 0.2) is 0 Å². The van der Waals surface area contributed by atoms with E-state index in [1.807, 2.05) is 38.1 Å². The summed E-state index contributed by atoms with van der Waals surface area (Å²) in [5.74, 6) is 0.593. The molecule has 166 valence electrons. The highest BCUT2D eigenvalue weighted by Gasteiger charge is 2.40. The zero-order chi connectivity index (χ0) is 22.8. The van der Waals surface area contributed by atoms with Crippen LogP contribution in [0.2, 0.25) is 0 Å². The van der Waals surface area contributed by atoms with Crippen molar-refractivity contribution in [2.24, 2.45) is 0 Å². The lowest BCUT2D eigenvalue weighted by Gasteiger charge is -2.30. The smallest absolute Gasteiger partial charge is 0.271 e. The Morgan fingerprint density at radius 1 is 1.28 bits per heavy atom. The standard InChI is InChI=1S/C26H29N3O3/c1-6-25(2,3)22-17(13-19-24(31)29-11-7-8-20(29)23(30)28-19)16-12-15-9-10-26(4,5)32-21(15)14-18(16)27-22/h6,9-10,12-14,20,27H,1,7-8,11H2,2-5H3,(H,28,30)/b19-13-/t20-/m0/s1. The molecule has 2 amide bonds. The molecule has 1 aromatic carbocycles. The number of rotatable bonds is 3. The Kier molecular flexibility index (Phi) is 4.42. The van der Waals surface area contributed by atoms with E-state index in [-0.39, 0.29) is 28.9 Å². The van der Waals surface area contributed by atoms with Gasteiger partial charge in [-0.2, -0.15) is 0 Å². The molecule has 5 rings (SSSR count). The van der Waals surface area contributed by atoms with Gasteiger partial charge in [-0.05, 0) is 44.9 Å². The van der Waals surface area contributed by atoms with Gasteiger partial charge >= 0.3 is 0 Å². The first-order valence-corrected chi connectivity index (χ1v) is 11.2. The molecule has 1 aromatic heterocycles. The van der Waals surface area contributed by atoms with Crippen LogP contribution in [0.4, 0.5) is 0 Å². The Hall–Kier alpha value is -3.28. The summed E-state index contributed by atoms with van der Waals surface area (Å²) in [6, 6.07) is 3.75. The van der Waals surface area contributed by atoms with Crippen molar-refractivity contribution in [2.45, 2.75) is 57.6 Å². The number of amides is 2. The Labute approximate surface area is 188 Å². The quantitative estimate of drug-likeness (QED) is 0.563. The molecule has 6 nitrogen and oxygen atoms in total. The van der Waals surface area contributed by atoms with E-state index in [9.17, 15) is 9.59 Å². The summed E-state index contributed by atoms with van der Waals surface area (Å²) >= 11 is 0. The molecular formula is C26H29N3O3. The van der Waals surface area contributed by atoms with Gasteiger partial charge < -0.3 is 19.9 Å². The number of allylic oxidation sites excluding steroid dienone is 1. The van der Waals surface area contributed by atoms with Crippen LogP contribution in [-0.2, 0) is 15.0 Å². The lowest BCUT2D eigenvalue weighted by atomic mass is 9.86. The second kappa shape index (κ2) is 6.86. The van der Waals surface area contributed by atoms with E-state index in [1.165, 1.54) is 0 Å². The summed E-state index contributed by atoms with van der Waals surface area (Å²) < 4.78 is 6.16. The fraction of sp³-hybridized carbons (Fsp3) is 0.385. The minimum atomic E-state index is -0.375. The summed E-state index contributed by atoms with van der Waals surface area (Å²) in [5.41, 5.74) is 3.29. The first-order chi connectivity index (χ1) is 15.1. The molecule has 6 heteroatoms. The first kappa shape index (κ1) is 20.6. The molecule has 0 bridgehead atoms. The summed E-state index contributed by atoms with van der Waals surface area (Å²) in [6.07, 6.45) is 9.39. The van der Waals surface area contributed by atoms with E-state index in [2.05, 4.69) is 42.9 Å². The van der Waals surface area contributed by atoms with E-state index in [0.29, 0.717) is 12.2 Å². The maximum atomic E-state index is 13.1. The van der Waals surface area contributed by atoms with Gasteiger partial charge in [-0.25, -0.2) is 0 Å². The second-order valence-corrected chi connectivity index (χ2v) is 10.0. The molecule has 32 heavy (non-hydrogen) atoms. The van der Waals surface area contributed by atoms with E-state index in [1.54, 1.807) is 4.90 Å². The summed E-state index contributed by atoms with van der Waals surface area (Å²) in [6.45, 7) is 12.8.